The number of nitro groups is 1. The van der Waals surface area contributed by atoms with E-state index < -0.39 is 10.8 Å². The fraction of sp³-hybridized carbons (Fsp3) is 0.263. The number of allylic oxidation sites excluding steroid dienone is 3. The van der Waals surface area contributed by atoms with Gasteiger partial charge in [-0.25, -0.2) is 0 Å². The van der Waals surface area contributed by atoms with Crippen LogP contribution >= 0.6 is 23.1 Å². The quantitative estimate of drug-likeness (QED) is 0.430. The van der Waals surface area contributed by atoms with Gasteiger partial charge in [0.05, 0.1) is 22.5 Å². The zero-order chi connectivity index (χ0) is 21.4. The average molecular weight is 441 g/mol. The topological polar surface area (TPSA) is 139 Å². The molecule has 11 heteroatoms. The number of thioether (sulfide) groups is 1. The summed E-state index contributed by atoms with van der Waals surface area (Å²) >= 11 is 2.77. The van der Waals surface area contributed by atoms with Crippen LogP contribution in [-0.4, -0.2) is 27.2 Å². The Labute approximate surface area is 180 Å². The van der Waals surface area contributed by atoms with Crippen molar-refractivity contribution in [2.75, 3.05) is 11.2 Å². The fourth-order valence-electron chi connectivity index (χ4n) is 3.83. The van der Waals surface area contributed by atoms with Gasteiger partial charge in [0.2, 0.25) is 5.13 Å². The van der Waals surface area contributed by atoms with Crippen molar-refractivity contribution in [2.45, 2.75) is 29.5 Å². The van der Waals surface area contributed by atoms with Gasteiger partial charge in [0, 0.05) is 29.8 Å². The number of ketones is 1. The number of hydrogen-bond donors (Lipinski definition) is 1. The van der Waals surface area contributed by atoms with Crippen molar-refractivity contribution in [1.29, 1.82) is 5.26 Å². The third kappa shape index (κ3) is 3.24. The summed E-state index contributed by atoms with van der Waals surface area (Å²) in [6.07, 6.45) is 3.47. The molecule has 0 amide bonds. The van der Waals surface area contributed by atoms with E-state index in [4.69, 9.17) is 5.73 Å². The molecule has 1 unspecified atom stereocenters. The van der Waals surface area contributed by atoms with Gasteiger partial charge in [0.1, 0.15) is 5.82 Å². The number of aromatic nitrogens is 2. The first-order chi connectivity index (χ1) is 14.5. The van der Waals surface area contributed by atoms with Gasteiger partial charge in [0.25, 0.3) is 5.69 Å². The minimum atomic E-state index is -0.748. The van der Waals surface area contributed by atoms with Gasteiger partial charge in [-0.1, -0.05) is 35.2 Å². The average Bonchev–Trinajstić information content (AvgIpc) is 3.22. The molecule has 0 radical (unpaired) electrons. The SMILES string of the molecule is CSc1nnc(N2C(N)=C(C#N)C(c3cccc([N+](=O)[O-])c3)C3=C2CCCC3=O)s1. The lowest BCUT2D eigenvalue weighted by Gasteiger charge is -2.38. The smallest absolute Gasteiger partial charge is 0.269 e. The first kappa shape index (κ1) is 20.1. The minimum Gasteiger partial charge on any atom is -0.384 e. The number of hydrogen-bond acceptors (Lipinski definition) is 10. The fourth-order valence-corrected chi connectivity index (χ4v) is 5.13. The van der Waals surface area contributed by atoms with Gasteiger partial charge in [0.15, 0.2) is 10.1 Å². The van der Waals surface area contributed by atoms with E-state index in [2.05, 4.69) is 16.3 Å². The van der Waals surface area contributed by atoms with Crippen molar-refractivity contribution in [2.24, 2.45) is 5.73 Å². The number of carbonyl (C=O) groups is 1. The summed E-state index contributed by atoms with van der Waals surface area (Å²) in [6, 6.07) is 8.14. The Morgan fingerprint density at radius 3 is 2.87 bits per heavy atom. The molecule has 1 aliphatic heterocycles. The summed E-state index contributed by atoms with van der Waals surface area (Å²) < 4.78 is 0.737. The summed E-state index contributed by atoms with van der Waals surface area (Å²) in [5, 5.41) is 30.0. The van der Waals surface area contributed by atoms with Gasteiger partial charge in [-0.15, -0.1) is 10.2 Å². The summed E-state index contributed by atoms with van der Waals surface area (Å²) in [6.45, 7) is 0. The zero-order valence-electron chi connectivity index (χ0n) is 15.9. The number of nitrogens with two attached hydrogens (primary N) is 1. The van der Waals surface area contributed by atoms with Crippen LogP contribution in [-0.2, 0) is 4.79 Å². The lowest BCUT2D eigenvalue weighted by atomic mass is 9.75. The number of nitro benzene ring substituents is 1. The number of carbonyl (C=O) groups excluding carboxylic acids is 1. The van der Waals surface area contributed by atoms with Crippen molar-refractivity contribution in [3.63, 3.8) is 0 Å². The summed E-state index contributed by atoms with van der Waals surface area (Å²) in [4.78, 5) is 25.4. The lowest BCUT2D eigenvalue weighted by molar-refractivity contribution is -0.384. The predicted octanol–water partition coefficient (Wildman–Crippen LogP) is 3.47. The van der Waals surface area contributed by atoms with Gasteiger partial charge < -0.3 is 5.73 Å². The van der Waals surface area contributed by atoms with Gasteiger partial charge in [-0.05, 0) is 24.7 Å². The number of benzene rings is 1. The van der Waals surface area contributed by atoms with E-state index in [0.29, 0.717) is 41.2 Å². The highest BCUT2D eigenvalue weighted by Gasteiger charge is 2.41. The number of nitrogens with zero attached hydrogens (tertiary/aromatic N) is 5. The highest BCUT2D eigenvalue weighted by atomic mass is 32.2. The second-order valence-corrected chi connectivity index (χ2v) is 8.73. The molecular weight excluding hydrogens is 424 g/mol. The molecule has 1 atom stereocenters. The molecular formula is C19H16N6O3S2. The maximum absolute atomic E-state index is 13.0. The van der Waals surface area contributed by atoms with E-state index in [9.17, 15) is 20.2 Å². The molecule has 2 aromatic rings. The van der Waals surface area contributed by atoms with Crippen LogP contribution in [0, 0.1) is 21.4 Å². The number of anilines is 1. The molecule has 30 heavy (non-hydrogen) atoms. The molecule has 1 aromatic heterocycles. The normalized spacial score (nSPS) is 19.0. The van der Waals surface area contributed by atoms with Crippen LogP contribution in [0.5, 0.6) is 0 Å². The van der Waals surface area contributed by atoms with Gasteiger partial charge in [-0.3, -0.25) is 19.8 Å². The first-order valence-electron chi connectivity index (χ1n) is 9.04. The van der Waals surface area contributed by atoms with Crippen LogP contribution in [0.2, 0.25) is 0 Å². The second kappa shape index (κ2) is 7.89. The third-order valence-corrected chi connectivity index (χ3v) is 6.97. The maximum Gasteiger partial charge on any atom is 0.269 e. The van der Waals surface area contributed by atoms with Crippen molar-refractivity contribution < 1.29 is 9.72 Å². The minimum absolute atomic E-state index is 0.0902. The molecule has 1 aliphatic carbocycles. The highest BCUT2D eigenvalue weighted by molar-refractivity contribution is 8.00. The summed E-state index contributed by atoms with van der Waals surface area (Å²) in [5.74, 6) is -0.666. The Morgan fingerprint density at radius 1 is 1.40 bits per heavy atom. The number of nitriles is 1. The molecule has 9 nitrogen and oxygen atoms in total. The van der Waals surface area contributed by atoms with Crippen LogP contribution in [0.25, 0.3) is 0 Å². The van der Waals surface area contributed by atoms with E-state index in [-0.39, 0.29) is 22.9 Å². The Bertz CT molecular complexity index is 1160. The van der Waals surface area contributed by atoms with Gasteiger partial charge >= 0.3 is 0 Å². The molecule has 0 saturated heterocycles. The van der Waals surface area contributed by atoms with E-state index in [0.717, 1.165) is 4.34 Å². The summed E-state index contributed by atoms with van der Waals surface area (Å²) in [7, 11) is 0. The number of rotatable bonds is 4. The van der Waals surface area contributed by atoms with Crippen LogP contribution in [0.4, 0.5) is 10.8 Å². The monoisotopic (exact) mass is 440 g/mol. The van der Waals surface area contributed by atoms with E-state index in [1.165, 1.54) is 35.2 Å². The molecule has 4 rings (SSSR count). The number of Topliss-reactive ketones (excluding diaryl/α,β-unsaturated/α-hetero) is 1. The molecule has 0 spiro atoms. The van der Waals surface area contributed by atoms with Gasteiger partial charge in [-0.2, -0.15) is 5.26 Å². The standard InChI is InChI=1S/C19H16N6O3S2/c1-29-19-23-22-18(30-19)24-13-6-3-7-14(26)16(13)15(12(9-20)17(24)21)10-4-2-5-11(8-10)25(27)28/h2,4-5,8,15H,3,6-7,21H2,1H3. The lowest BCUT2D eigenvalue weighted by Crippen LogP contribution is -2.38. The Morgan fingerprint density at radius 2 is 2.20 bits per heavy atom. The maximum atomic E-state index is 13.0. The number of non-ortho nitro benzene ring substituents is 1. The van der Waals surface area contributed by atoms with Crippen molar-refractivity contribution in [1.82, 2.24) is 10.2 Å². The first-order valence-corrected chi connectivity index (χ1v) is 11.1. The molecule has 2 heterocycles. The van der Waals surface area contributed by atoms with Crippen LogP contribution in [0.3, 0.4) is 0 Å². The Balaban J connectivity index is 1.94. The molecule has 0 saturated carbocycles. The van der Waals surface area contributed by atoms with Crippen LogP contribution < -0.4 is 10.6 Å². The molecule has 0 bridgehead atoms. The van der Waals surface area contributed by atoms with Crippen LogP contribution in [0.1, 0.15) is 30.7 Å². The predicted molar refractivity (Wildman–Crippen MR) is 113 cm³/mol. The second-order valence-electron chi connectivity index (χ2n) is 6.72. The molecule has 2 N–H and O–H groups in total. The Kier molecular flexibility index (Phi) is 5.27. The van der Waals surface area contributed by atoms with E-state index in [1.807, 2.05) is 6.26 Å². The van der Waals surface area contributed by atoms with E-state index in [1.54, 1.807) is 17.0 Å². The van der Waals surface area contributed by atoms with Crippen molar-refractivity contribution >= 4 is 39.7 Å². The Hall–Kier alpha value is -3.23. The zero-order valence-corrected chi connectivity index (χ0v) is 17.5. The third-order valence-electron chi connectivity index (χ3n) is 5.09. The highest BCUT2D eigenvalue weighted by Crippen LogP contribution is 2.47. The van der Waals surface area contributed by atoms with E-state index >= 15 is 0 Å². The van der Waals surface area contributed by atoms with Crippen LogP contribution in [0.15, 0.2) is 51.3 Å². The largest absolute Gasteiger partial charge is 0.384 e. The van der Waals surface area contributed by atoms with Crippen molar-refractivity contribution in [3.05, 3.63) is 62.6 Å². The summed E-state index contributed by atoms with van der Waals surface area (Å²) in [5.41, 5.74) is 8.12. The molecule has 152 valence electrons. The molecule has 2 aliphatic rings. The molecule has 0 fully saturated rings. The molecule has 1 aromatic carbocycles. The van der Waals surface area contributed by atoms with Crippen molar-refractivity contribution in [3.8, 4) is 6.07 Å².